The largest absolute Gasteiger partial charge is 0.491 e. The third kappa shape index (κ3) is 29.8. The van der Waals surface area contributed by atoms with Crippen LogP contribution >= 0.6 is 0 Å². The number of rotatable bonds is 37. The van der Waals surface area contributed by atoms with Crippen molar-refractivity contribution in [2.75, 3.05) is 92.5 Å². The van der Waals surface area contributed by atoms with Crippen molar-refractivity contribution in [2.24, 2.45) is 0 Å². The van der Waals surface area contributed by atoms with E-state index in [0.29, 0.717) is 98.1 Å². The number of benzene rings is 1. The molecule has 0 aliphatic heterocycles. The summed E-state index contributed by atoms with van der Waals surface area (Å²) in [5.41, 5.74) is 0.0264. The summed E-state index contributed by atoms with van der Waals surface area (Å²) in [6.07, 6.45) is 17.3. The lowest BCUT2D eigenvalue weighted by Gasteiger charge is -2.09. The van der Waals surface area contributed by atoms with Crippen molar-refractivity contribution in [1.82, 2.24) is 0 Å². The fourth-order valence-corrected chi connectivity index (χ4v) is 4.66. The Bertz CT molecular complexity index is 857. The van der Waals surface area contributed by atoms with Gasteiger partial charge in [0.2, 0.25) is 0 Å². The first-order chi connectivity index (χ1) is 23.6. The van der Waals surface area contributed by atoms with Gasteiger partial charge in [-0.2, -0.15) is 0 Å². The molecule has 0 heterocycles. The maximum absolute atomic E-state index is 11.8. The van der Waals surface area contributed by atoms with Crippen molar-refractivity contribution in [2.45, 2.75) is 96.8 Å². The number of hydrogen-bond donors (Lipinski definition) is 0. The van der Waals surface area contributed by atoms with E-state index in [4.69, 9.17) is 37.9 Å². The molecule has 0 spiro atoms. The first kappa shape index (κ1) is 43.7. The Kier molecular flexibility index (Phi) is 31.4. The van der Waals surface area contributed by atoms with Crippen molar-refractivity contribution in [3.05, 3.63) is 34.4 Å². The first-order valence-corrected chi connectivity index (χ1v) is 18.1. The zero-order valence-corrected chi connectivity index (χ0v) is 29.5. The second-order valence-electron chi connectivity index (χ2n) is 11.5. The fourth-order valence-electron chi connectivity index (χ4n) is 4.66. The van der Waals surface area contributed by atoms with Crippen molar-refractivity contribution in [1.29, 1.82) is 0 Å². The molecule has 278 valence electrons. The van der Waals surface area contributed by atoms with Crippen LogP contribution in [0.2, 0.25) is 0 Å². The summed E-state index contributed by atoms with van der Waals surface area (Å²) in [6, 6.07) is 5.92. The lowest BCUT2D eigenvalue weighted by molar-refractivity contribution is -0.384. The normalized spacial score (nSPS) is 11.2. The van der Waals surface area contributed by atoms with Crippen molar-refractivity contribution in [3.8, 4) is 5.75 Å². The average molecular weight is 686 g/mol. The smallest absolute Gasteiger partial charge is 0.305 e. The van der Waals surface area contributed by atoms with Crippen LogP contribution < -0.4 is 4.74 Å². The average Bonchev–Trinajstić information content (AvgIpc) is 3.09. The van der Waals surface area contributed by atoms with Gasteiger partial charge in [0.1, 0.15) is 19.0 Å². The van der Waals surface area contributed by atoms with Gasteiger partial charge in [-0.25, -0.2) is 0 Å². The minimum Gasteiger partial charge on any atom is -0.491 e. The molecule has 12 heteroatoms. The predicted molar refractivity (Wildman–Crippen MR) is 185 cm³/mol. The highest BCUT2D eigenvalue weighted by Gasteiger charge is 2.05. The molecule has 1 rings (SSSR count). The van der Waals surface area contributed by atoms with E-state index in [1.165, 1.54) is 82.8 Å². The number of hydrogen-bond acceptors (Lipinski definition) is 11. The predicted octanol–water partition coefficient (Wildman–Crippen LogP) is 7.10. The third-order valence-electron chi connectivity index (χ3n) is 7.38. The Hall–Kier alpha value is -2.35. The second-order valence-corrected chi connectivity index (χ2v) is 11.5. The van der Waals surface area contributed by atoms with Gasteiger partial charge in [-0.05, 0) is 18.6 Å². The molecule has 0 bridgehead atoms. The summed E-state index contributed by atoms with van der Waals surface area (Å²) in [4.78, 5) is 22.0. The molecule has 0 N–H and O–H groups in total. The molecule has 0 atom stereocenters. The molecule has 1 aromatic carbocycles. The Morgan fingerprint density at radius 3 is 1.27 bits per heavy atom. The molecule has 0 fully saturated rings. The molecule has 0 aliphatic rings. The standard InChI is InChI=1S/C36H63NO11/c1-2-3-4-5-6-7-8-9-10-11-12-13-14-15-36(38)48-33-31-46-29-27-44-25-23-42-21-20-41-22-24-43-26-28-45-30-32-47-35-18-16-34(17-19-35)37(39)40/h16-19H,2-15,20-33H2,1H3. The molecule has 12 nitrogen and oxygen atoms in total. The Labute approximate surface area is 288 Å². The number of nitro benzene ring substituents is 1. The van der Waals surface area contributed by atoms with E-state index in [-0.39, 0.29) is 18.3 Å². The van der Waals surface area contributed by atoms with E-state index >= 15 is 0 Å². The quantitative estimate of drug-likeness (QED) is 0.0307. The van der Waals surface area contributed by atoms with E-state index in [1.54, 1.807) is 12.1 Å². The van der Waals surface area contributed by atoms with E-state index in [2.05, 4.69) is 6.92 Å². The molecule has 0 saturated carbocycles. The highest BCUT2D eigenvalue weighted by molar-refractivity contribution is 5.69. The molecule has 0 amide bonds. The van der Waals surface area contributed by atoms with Crippen LogP contribution in [0.4, 0.5) is 5.69 Å². The minimum absolute atomic E-state index is 0.0264. The SMILES string of the molecule is CCCCCCCCCCCCCCCC(=O)OCCOCCOCCOCCOCCOCCOCCOc1ccc([N+](=O)[O-])cc1. The molecule has 0 saturated heterocycles. The third-order valence-corrected chi connectivity index (χ3v) is 7.38. The monoisotopic (exact) mass is 685 g/mol. The van der Waals surface area contributed by atoms with Crippen molar-refractivity contribution in [3.63, 3.8) is 0 Å². The van der Waals surface area contributed by atoms with Crippen LogP contribution in [0.25, 0.3) is 0 Å². The van der Waals surface area contributed by atoms with Gasteiger partial charge in [0.25, 0.3) is 5.69 Å². The van der Waals surface area contributed by atoms with Crippen LogP contribution in [-0.4, -0.2) is 103 Å². The van der Waals surface area contributed by atoms with Crippen LogP contribution in [0.5, 0.6) is 5.75 Å². The lowest BCUT2D eigenvalue weighted by Crippen LogP contribution is -2.15. The molecule has 0 radical (unpaired) electrons. The number of carbonyl (C=O) groups is 1. The van der Waals surface area contributed by atoms with Gasteiger partial charge in [-0.1, -0.05) is 84.0 Å². The number of nitro groups is 1. The summed E-state index contributed by atoms with van der Waals surface area (Å²) in [6.45, 7) is 8.26. The number of carbonyl (C=O) groups excluding carboxylic acids is 1. The first-order valence-electron chi connectivity index (χ1n) is 18.1. The number of nitrogens with zero attached hydrogens (tertiary/aromatic N) is 1. The van der Waals surface area contributed by atoms with Crippen LogP contribution in [0.1, 0.15) is 96.8 Å². The lowest BCUT2D eigenvalue weighted by atomic mass is 10.0. The van der Waals surface area contributed by atoms with Crippen molar-refractivity contribution < 1.29 is 47.6 Å². The molecular weight excluding hydrogens is 622 g/mol. The van der Waals surface area contributed by atoms with E-state index in [1.807, 2.05) is 0 Å². The number of non-ortho nitro benzene ring substituents is 1. The molecular formula is C36H63NO11. The molecule has 1 aromatic rings. The number of esters is 1. The zero-order valence-electron chi connectivity index (χ0n) is 29.5. The van der Waals surface area contributed by atoms with Gasteiger partial charge in [0.05, 0.1) is 84.2 Å². The number of unbranched alkanes of at least 4 members (excludes halogenated alkanes) is 12. The van der Waals surface area contributed by atoms with E-state index < -0.39 is 4.92 Å². The highest BCUT2D eigenvalue weighted by Crippen LogP contribution is 2.17. The van der Waals surface area contributed by atoms with Crippen LogP contribution in [0.15, 0.2) is 24.3 Å². The maximum Gasteiger partial charge on any atom is 0.305 e. The summed E-state index contributed by atoms with van der Waals surface area (Å²) in [7, 11) is 0. The highest BCUT2D eigenvalue weighted by atomic mass is 16.6. The fraction of sp³-hybridized carbons (Fsp3) is 0.806. The zero-order chi connectivity index (χ0) is 34.6. The molecule has 0 aliphatic carbocycles. The van der Waals surface area contributed by atoms with Gasteiger partial charge < -0.3 is 37.9 Å². The summed E-state index contributed by atoms with van der Waals surface area (Å²) >= 11 is 0. The molecule has 0 aromatic heterocycles. The van der Waals surface area contributed by atoms with E-state index in [0.717, 1.165) is 12.8 Å². The Balaban J connectivity index is 1.69. The Morgan fingerprint density at radius 2 is 0.875 bits per heavy atom. The summed E-state index contributed by atoms with van der Waals surface area (Å²) in [5, 5.41) is 10.6. The topological polar surface area (TPSA) is 134 Å². The van der Waals surface area contributed by atoms with Crippen molar-refractivity contribution >= 4 is 11.7 Å². The van der Waals surface area contributed by atoms with Gasteiger partial charge in [0.15, 0.2) is 0 Å². The van der Waals surface area contributed by atoms with Crippen LogP contribution in [0, 0.1) is 10.1 Å². The van der Waals surface area contributed by atoms with Gasteiger partial charge in [-0.15, -0.1) is 0 Å². The van der Waals surface area contributed by atoms with Gasteiger partial charge in [0, 0.05) is 18.6 Å². The summed E-state index contributed by atoms with van der Waals surface area (Å²) in [5.74, 6) is 0.417. The van der Waals surface area contributed by atoms with Crippen LogP contribution in [0.3, 0.4) is 0 Å². The minimum atomic E-state index is -0.451. The second kappa shape index (κ2) is 34.5. The number of ether oxygens (including phenoxy) is 8. The maximum atomic E-state index is 11.8. The molecule has 48 heavy (non-hydrogen) atoms. The van der Waals surface area contributed by atoms with Gasteiger partial charge in [-0.3, -0.25) is 14.9 Å². The summed E-state index contributed by atoms with van der Waals surface area (Å²) < 4.78 is 43.4. The van der Waals surface area contributed by atoms with E-state index in [9.17, 15) is 14.9 Å². The van der Waals surface area contributed by atoms with Crippen LogP contribution in [-0.2, 0) is 38.0 Å². The molecule has 0 unspecified atom stereocenters. The Morgan fingerprint density at radius 1 is 0.521 bits per heavy atom. The van der Waals surface area contributed by atoms with Gasteiger partial charge >= 0.3 is 5.97 Å².